The Morgan fingerprint density at radius 1 is 1.33 bits per heavy atom. The van der Waals surface area contributed by atoms with Crippen LogP contribution in [0.3, 0.4) is 0 Å². The van der Waals surface area contributed by atoms with Crippen LogP contribution in [0.15, 0.2) is 18.2 Å². The molecule has 0 saturated heterocycles. The van der Waals surface area contributed by atoms with Crippen molar-refractivity contribution in [2.75, 3.05) is 19.5 Å². The van der Waals surface area contributed by atoms with E-state index in [2.05, 4.69) is 16.9 Å². The van der Waals surface area contributed by atoms with Gasteiger partial charge in [-0.05, 0) is 37.3 Å². The lowest BCUT2D eigenvalue weighted by molar-refractivity contribution is 0.0601. The van der Waals surface area contributed by atoms with Gasteiger partial charge in [-0.3, -0.25) is 0 Å². The number of nitrogens with two attached hydrogens (primary N) is 1. The van der Waals surface area contributed by atoms with Crippen LogP contribution in [-0.4, -0.2) is 34.8 Å². The third-order valence-electron chi connectivity index (χ3n) is 4.23. The molecule has 1 aromatic heterocycles. The molecule has 0 bridgehead atoms. The maximum atomic E-state index is 11.7. The highest BCUT2D eigenvalue weighted by atomic mass is 16.5. The van der Waals surface area contributed by atoms with Gasteiger partial charge in [-0.25, -0.2) is 14.8 Å². The smallest absolute Gasteiger partial charge is 0.337 e. The third-order valence-corrected chi connectivity index (χ3v) is 4.23. The molecule has 0 aliphatic rings. The molecule has 0 unspecified atom stereocenters. The van der Waals surface area contributed by atoms with Gasteiger partial charge in [0, 0.05) is 12.0 Å². The van der Waals surface area contributed by atoms with Gasteiger partial charge in [-0.1, -0.05) is 25.8 Å². The zero-order chi connectivity index (χ0) is 17.5. The van der Waals surface area contributed by atoms with Crippen LogP contribution in [-0.2, 0) is 11.2 Å². The van der Waals surface area contributed by atoms with Crippen LogP contribution in [0.1, 0.15) is 48.7 Å². The Morgan fingerprint density at radius 2 is 2.12 bits per heavy atom. The number of aliphatic hydroxyl groups is 1. The first-order chi connectivity index (χ1) is 11.6. The molecule has 2 aromatic rings. The van der Waals surface area contributed by atoms with Gasteiger partial charge in [-0.15, -0.1) is 0 Å². The van der Waals surface area contributed by atoms with E-state index < -0.39 is 5.97 Å². The molecule has 1 aromatic carbocycles. The molecule has 0 fully saturated rings. The van der Waals surface area contributed by atoms with Crippen LogP contribution in [0, 0.1) is 5.92 Å². The van der Waals surface area contributed by atoms with E-state index >= 15 is 0 Å². The number of aromatic nitrogens is 2. The number of hydrogen-bond acceptors (Lipinski definition) is 6. The standard InChI is InChI=1S/C18H25N3O3/c1-3-4-5-12(11-22)6-9-15-14-8-7-13(17(23)24-2)10-16(14)21-18(19)20-15/h7-8,10,12,22H,3-6,9,11H2,1-2H3,(H2,19,20,21)/t12-/m0/s1. The minimum atomic E-state index is -0.407. The lowest BCUT2D eigenvalue weighted by Gasteiger charge is -2.14. The first-order valence-corrected chi connectivity index (χ1v) is 8.34. The largest absolute Gasteiger partial charge is 0.465 e. The summed E-state index contributed by atoms with van der Waals surface area (Å²) in [5.74, 6) is 0.0506. The number of esters is 1. The molecule has 0 spiro atoms. The lowest BCUT2D eigenvalue weighted by Crippen LogP contribution is -2.09. The summed E-state index contributed by atoms with van der Waals surface area (Å²) in [6.07, 6.45) is 4.81. The van der Waals surface area contributed by atoms with Crippen molar-refractivity contribution < 1.29 is 14.6 Å². The minimum Gasteiger partial charge on any atom is -0.465 e. The molecule has 1 atom stereocenters. The van der Waals surface area contributed by atoms with E-state index in [0.29, 0.717) is 11.1 Å². The number of ether oxygens (including phenoxy) is 1. The molecule has 0 aliphatic carbocycles. The summed E-state index contributed by atoms with van der Waals surface area (Å²) in [4.78, 5) is 20.2. The SMILES string of the molecule is CCCC[C@H](CO)CCc1nc(N)nc2cc(C(=O)OC)ccc12. The number of benzene rings is 1. The summed E-state index contributed by atoms with van der Waals surface area (Å²) in [7, 11) is 1.34. The maximum Gasteiger partial charge on any atom is 0.337 e. The second-order valence-electron chi connectivity index (χ2n) is 5.98. The molecule has 0 aliphatic heterocycles. The van der Waals surface area contributed by atoms with Gasteiger partial charge >= 0.3 is 5.97 Å². The number of hydrogen-bond donors (Lipinski definition) is 2. The molecule has 6 heteroatoms. The van der Waals surface area contributed by atoms with E-state index in [1.807, 2.05) is 6.07 Å². The van der Waals surface area contributed by atoms with Gasteiger partial charge in [0.15, 0.2) is 0 Å². The average Bonchev–Trinajstić information content (AvgIpc) is 2.60. The Morgan fingerprint density at radius 3 is 2.79 bits per heavy atom. The van der Waals surface area contributed by atoms with Crippen molar-refractivity contribution in [1.82, 2.24) is 9.97 Å². The highest BCUT2D eigenvalue weighted by Gasteiger charge is 2.13. The molecular formula is C18H25N3O3. The Hall–Kier alpha value is -2.21. The van der Waals surface area contributed by atoms with Crippen LogP contribution in [0.4, 0.5) is 5.95 Å². The number of carbonyl (C=O) groups is 1. The van der Waals surface area contributed by atoms with Crippen molar-refractivity contribution in [3.63, 3.8) is 0 Å². The zero-order valence-corrected chi connectivity index (χ0v) is 14.3. The average molecular weight is 331 g/mol. The number of nitrogens with zero attached hydrogens (tertiary/aromatic N) is 2. The van der Waals surface area contributed by atoms with Crippen molar-refractivity contribution in [1.29, 1.82) is 0 Å². The fraction of sp³-hybridized carbons (Fsp3) is 0.500. The summed E-state index contributed by atoms with van der Waals surface area (Å²) >= 11 is 0. The predicted molar refractivity (Wildman–Crippen MR) is 93.7 cm³/mol. The van der Waals surface area contributed by atoms with Crippen LogP contribution < -0.4 is 5.73 Å². The number of methoxy groups -OCH3 is 1. The highest BCUT2D eigenvalue weighted by Crippen LogP contribution is 2.22. The fourth-order valence-corrected chi connectivity index (χ4v) is 2.81. The van der Waals surface area contributed by atoms with E-state index in [1.54, 1.807) is 12.1 Å². The zero-order valence-electron chi connectivity index (χ0n) is 14.3. The van der Waals surface area contributed by atoms with E-state index in [1.165, 1.54) is 7.11 Å². The number of anilines is 1. The van der Waals surface area contributed by atoms with Gasteiger partial charge < -0.3 is 15.6 Å². The van der Waals surface area contributed by atoms with E-state index in [-0.39, 0.29) is 18.5 Å². The molecule has 130 valence electrons. The molecule has 0 saturated carbocycles. The number of aliphatic hydroxyl groups excluding tert-OH is 1. The van der Waals surface area contributed by atoms with Gasteiger partial charge in [-0.2, -0.15) is 0 Å². The van der Waals surface area contributed by atoms with Gasteiger partial charge in [0.25, 0.3) is 0 Å². The topological polar surface area (TPSA) is 98.3 Å². The second-order valence-corrected chi connectivity index (χ2v) is 5.98. The molecule has 6 nitrogen and oxygen atoms in total. The summed E-state index contributed by atoms with van der Waals surface area (Å²) in [5, 5.41) is 10.4. The molecule has 0 radical (unpaired) electrons. The number of nitrogen functional groups attached to an aromatic ring is 1. The fourth-order valence-electron chi connectivity index (χ4n) is 2.81. The second kappa shape index (κ2) is 8.59. The summed E-state index contributed by atoms with van der Waals surface area (Å²) in [6, 6.07) is 5.21. The number of unbranched alkanes of at least 4 members (excludes halogenated alkanes) is 1. The van der Waals surface area contributed by atoms with Crippen LogP contribution >= 0.6 is 0 Å². The normalized spacial score (nSPS) is 12.3. The monoisotopic (exact) mass is 331 g/mol. The van der Waals surface area contributed by atoms with Crippen molar-refractivity contribution in [2.45, 2.75) is 39.0 Å². The first-order valence-electron chi connectivity index (χ1n) is 8.34. The Bertz CT molecular complexity index is 703. The molecule has 0 amide bonds. The third kappa shape index (κ3) is 4.41. The number of fused-ring (bicyclic) bond motifs is 1. The van der Waals surface area contributed by atoms with Crippen LogP contribution in [0.5, 0.6) is 0 Å². The Kier molecular flexibility index (Phi) is 6.49. The highest BCUT2D eigenvalue weighted by molar-refractivity contribution is 5.94. The van der Waals surface area contributed by atoms with Gasteiger partial charge in [0.2, 0.25) is 5.95 Å². The molecule has 24 heavy (non-hydrogen) atoms. The molecular weight excluding hydrogens is 306 g/mol. The quantitative estimate of drug-likeness (QED) is 0.722. The van der Waals surface area contributed by atoms with Crippen molar-refractivity contribution >= 4 is 22.8 Å². The summed E-state index contributed by atoms with van der Waals surface area (Å²) in [5.41, 5.74) is 7.73. The molecule has 2 rings (SSSR count). The molecule has 1 heterocycles. The van der Waals surface area contributed by atoms with Crippen molar-refractivity contribution in [2.24, 2.45) is 5.92 Å². The van der Waals surface area contributed by atoms with E-state index in [4.69, 9.17) is 10.5 Å². The van der Waals surface area contributed by atoms with E-state index in [9.17, 15) is 9.90 Å². The minimum absolute atomic E-state index is 0.186. The summed E-state index contributed by atoms with van der Waals surface area (Å²) in [6.45, 7) is 2.33. The Balaban J connectivity index is 2.24. The predicted octanol–water partition coefficient (Wildman–Crippen LogP) is 2.73. The summed E-state index contributed by atoms with van der Waals surface area (Å²) < 4.78 is 4.74. The number of carbonyl (C=O) groups excluding carboxylic acids is 1. The van der Waals surface area contributed by atoms with Crippen LogP contribution in [0.2, 0.25) is 0 Å². The maximum absolute atomic E-state index is 11.7. The first kappa shape index (κ1) is 18.1. The number of aryl methyl sites for hydroxylation is 1. The van der Waals surface area contributed by atoms with E-state index in [0.717, 1.165) is 43.2 Å². The van der Waals surface area contributed by atoms with Crippen molar-refractivity contribution in [3.8, 4) is 0 Å². The molecule has 3 N–H and O–H groups in total. The van der Waals surface area contributed by atoms with Gasteiger partial charge in [0.1, 0.15) is 0 Å². The van der Waals surface area contributed by atoms with Crippen molar-refractivity contribution in [3.05, 3.63) is 29.5 Å². The lowest BCUT2D eigenvalue weighted by atomic mass is 9.95. The van der Waals surface area contributed by atoms with Crippen LogP contribution in [0.25, 0.3) is 10.9 Å². The number of rotatable bonds is 8. The van der Waals surface area contributed by atoms with Gasteiger partial charge in [0.05, 0.1) is 23.9 Å². The Labute approximate surface area is 142 Å².